The number of carboxylic acids is 2. The van der Waals surface area contributed by atoms with Crippen molar-refractivity contribution in [3.63, 3.8) is 0 Å². The van der Waals surface area contributed by atoms with Crippen LogP contribution in [0.2, 0.25) is 0 Å². The summed E-state index contributed by atoms with van der Waals surface area (Å²) in [5, 5.41) is 37.4. The summed E-state index contributed by atoms with van der Waals surface area (Å²) in [4.78, 5) is 21.5. The Balaban J connectivity index is 4.63. The van der Waals surface area contributed by atoms with Gasteiger partial charge < -0.3 is 26.2 Å². The molecule has 0 spiro atoms. The standard InChI is InChI=1S/C23H37NO6S/c1-2-3-8-12-18(25)13-9-6-4-5-7-10-15-21(31-17-19(24)23(29)30)20(26)14-11-16-22(27)28/h4-7,9-10,13,15,18-21,25-26H,2-3,8,11-12,14,16-17,24H2,1H3,(H,27,28)(H,29,30)/t18-,19-,20-,21+/m0/s1. The molecule has 176 valence electrons. The molecule has 0 aromatic heterocycles. The number of carbonyl (C=O) groups is 2. The highest BCUT2D eigenvalue weighted by Crippen LogP contribution is 2.21. The van der Waals surface area contributed by atoms with Gasteiger partial charge >= 0.3 is 11.9 Å². The SMILES string of the molecule is CCCCC[C@H](O)C=CC=CC=CC=C[C@@H](SC[C@H](N)C(=O)O)[C@@H](O)CCCC(=O)O. The Bertz CT molecular complexity index is 617. The summed E-state index contributed by atoms with van der Waals surface area (Å²) in [6, 6.07) is -1.03. The van der Waals surface area contributed by atoms with Crippen molar-refractivity contribution in [2.24, 2.45) is 5.73 Å². The van der Waals surface area contributed by atoms with Gasteiger partial charge in [-0.15, -0.1) is 11.8 Å². The number of aliphatic hydroxyl groups excluding tert-OH is 2. The van der Waals surface area contributed by atoms with Crippen LogP contribution in [0.1, 0.15) is 51.9 Å². The fourth-order valence-corrected chi connectivity index (χ4v) is 3.66. The van der Waals surface area contributed by atoms with Gasteiger partial charge in [-0.3, -0.25) is 9.59 Å². The molecular weight excluding hydrogens is 418 g/mol. The second-order valence-corrected chi connectivity index (χ2v) is 8.41. The van der Waals surface area contributed by atoms with Gasteiger partial charge in [0.05, 0.1) is 12.2 Å². The van der Waals surface area contributed by atoms with Gasteiger partial charge in [0.25, 0.3) is 0 Å². The first-order valence-corrected chi connectivity index (χ1v) is 11.7. The van der Waals surface area contributed by atoms with E-state index in [1.165, 1.54) is 11.8 Å². The lowest BCUT2D eigenvalue weighted by Crippen LogP contribution is -2.34. The molecule has 0 radical (unpaired) electrons. The molecule has 0 aliphatic rings. The molecule has 7 nitrogen and oxygen atoms in total. The normalized spacial score (nSPS) is 16.4. The lowest BCUT2D eigenvalue weighted by atomic mass is 10.1. The third-order valence-corrected chi connectivity index (χ3v) is 5.76. The molecule has 0 aliphatic heterocycles. The molecule has 0 saturated heterocycles. The maximum Gasteiger partial charge on any atom is 0.321 e. The molecule has 0 heterocycles. The van der Waals surface area contributed by atoms with Crippen molar-refractivity contribution in [2.75, 3.05) is 5.75 Å². The van der Waals surface area contributed by atoms with Crippen LogP contribution in [0.5, 0.6) is 0 Å². The van der Waals surface area contributed by atoms with Crippen molar-refractivity contribution < 1.29 is 30.0 Å². The highest BCUT2D eigenvalue weighted by molar-refractivity contribution is 8.00. The molecule has 31 heavy (non-hydrogen) atoms. The summed E-state index contributed by atoms with van der Waals surface area (Å²) in [6.07, 6.45) is 17.6. The van der Waals surface area contributed by atoms with Crippen LogP contribution in [0.15, 0.2) is 48.6 Å². The van der Waals surface area contributed by atoms with E-state index in [2.05, 4.69) is 6.92 Å². The molecule has 0 unspecified atom stereocenters. The molecule has 0 bridgehead atoms. The van der Waals surface area contributed by atoms with Gasteiger partial charge in [0, 0.05) is 17.4 Å². The molecule has 4 atom stereocenters. The Morgan fingerprint density at radius 3 is 2.10 bits per heavy atom. The molecule has 0 aromatic carbocycles. The number of aliphatic hydroxyl groups is 2. The van der Waals surface area contributed by atoms with Crippen LogP contribution >= 0.6 is 11.8 Å². The van der Waals surface area contributed by atoms with Gasteiger partial charge in [0.1, 0.15) is 6.04 Å². The number of allylic oxidation sites excluding steroid dienone is 6. The van der Waals surface area contributed by atoms with Crippen LogP contribution in [-0.2, 0) is 9.59 Å². The third kappa shape index (κ3) is 17.5. The minimum Gasteiger partial charge on any atom is -0.481 e. The smallest absolute Gasteiger partial charge is 0.321 e. The van der Waals surface area contributed by atoms with Gasteiger partial charge in [0.2, 0.25) is 0 Å². The fraction of sp³-hybridized carbons (Fsp3) is 0.565. The summed E-state index contributed by atoms with van der Waals surface area (Å²) in [7, 11) is 0. The van der Waals surface area contributed by atoms with E-state index in [0.717, 1.165) is 25.7 Å². The third-order valence-electron chi connectivity index (χ3n) is 4.35. The number of rotatable bonds is 18. The number of hydrogen-bond acceptors (Lipinski definition) is 6. The minimum atomic E-state index is -1.11. The van der Waals surface area contributed by atoms with E-state index in [0.29, 0.717) is 12.8 Å². The van der Waals surface area contributed by atoms with Crippen LogP contribution in [0.3, 0.4) is 0 Å². The average Bonchev–Trinajstić information content (AvgIpc) is 2.71. The average molecular weight is 456 g/mol. The second-order valence-electron chi connectivity index (χ2n) is 7.20. The van der Waals surface area contributed by atoms with E-state index in [1.807, 2.05) is 12.2 Å². The summed E-state index contributed by atoms with van der Waals surface area (Å²) in [6.45, 7) is 2.12. The Kier molecular flexibility index (Phi) is 17.7. The van der Waals surface area contributed by atoms with E-state index >= 15 is 0 Å². The Morgan fingerprint density at radius 2 is 1.52 bits per heavy atom. The summed E-state index contributed by atoms with van der Waals surface area (Å²) in [5.74, 6) is -1.89. The number of unbranched alkanes of at least 4 members (excludes halogenated alkanes) is 2. The van der Waals surface area contributed by atoms with E-state index in [-0.39, 0.29) is 12.2 Å². The molecule has 8 heteroatoms. The van der Waals surface area contributed by atoms with Crippen LogP contribution in [-0.4, -0.2) is 61.6 Å². The number of carboxylic acid groups (broad SMARTS) is 2. The topological polar surface area (TPSA) is 141 Å². The van der Waals surface area contributed by atoms with Gasteiger partial charge in [-0.1, -0.05) is 74.8 Å². The zero-order valence-corrected chi connectivity index (χ0v) is 19.0. The quantitative estimate of drug-likeness (QED) is 0.157. The first-order chi connectivity index (χ1) is 14.8. The zero-order valence-electron chi connectivity index (χ0n) is 18.2. The molecule has 6 N–H and O–H groups in total. The number of hydrogen-bond donors (Lipinski definition) is 5. The van der Waals surface area contributed by atoms with Crippen LogP contribution in [0, 0.1) is 0 Å². The molecule has 0 rings (SSSR count). The Hall–Kier alpha value is -1.87. The van der Waals surface area contributed by atoms with Gasteiger partial charge in [-0.05, 0) is 19.3 Å². The monoisotopic (exact) mass is 455 g/mol. The molecule has 0 aliphatic carbocycles. The van der Waals surface area contributed by atoms with Crippen molar-refractivity contribution >= 4 is 23.7 Å². The maximum absolute atomic E-state index is 10.9. The zero-order chi connectivity index (χ0) is 23.5. The minimum absolute atomic E-state index is 0.0294. The fourth-order valence-electron chi connectivity index (χ4n) is 2.53. The van der Waals surface area contributed by atoms with E-state index in [1.54, 1.807) is 36.5 Å². The molecule has 0 amide bonds. The van der Waals surface area contributed by atoms with Crippen molar-refractivity contribution in [3.8, 4) is 0 Å². The molecule has 0 aromatic rings. The highest BCUT2D eigenvalue weighted by atomic mass is 32.2. The molecular formula is C23H37NO6S. The predicted molar refractivity (Wildman–Crippen MR) is 126 cm³/mol. The van der Waals surface area contributed by atoms with Gasteiger partial charge in [-0.2, -0.15) is 0 Å². The van der Waals surface area contributed by atoms with Crippen molar-refractivity contribution in [2.45, 2.75) is 75.4 Å². The predicted octanol–water partition coefficient (Wildman–Crippen LogP) is 3.28. The molecule has 0 saturated carbocycles. The maximum atomic E-state index is 10.9. The largest absolute Gasteiger partial charge is 0.481 e. The number of nitrogens with two attached hydrogens (primary N) is 1. The van der Waals surface area contributed by atoms with Crippen LogP contribution in [0.25, 0.3) is 0 Å². The second kappa shape index (κ2) is 18.9. The van der Waals surface area contributed by atoms with Crippen LogP contribution in [0.4, 0.5) is 0 Å². The lowest BCUT2D eigenvalue weighted by Gasteiger charge is -2.20. The molecule has 0 fully saturated rings. The first kappa shape index (κ1) is 29.1. The van der Waals surface area contributed by atoms with E-state index in [4.69, 9.17) is 15.9 Å². The van der Waals surface area contributed by atoms with E-state index < -0.39 is 35.4 Å². The van der Waals surface area contributed by atoms with Crippen molar-refractivity contribution in [1.82, 2.24) is 0 Å². The van der Waals surface area contributed by atoms with Crippen molar-refractivity contribution in [3.05, 3.63) is 48.6 Å². The lowest BCUT2D eigenvalue weighted by molar-refractivity contribution is -0.138. The van der Waals surface area contributed by atoms with E-state index in [9.17, 15) is 19.8 Å². The summed E-state index contributed by atoms with van der Waals surface area (Å²) >= 11 is 1.23. The Morgan fingerprint density at radius 1 is 0.903 bits per heavy atom. The summed E-state index contributed by atoms with van der Waals surface area (Å²) in [5.41, 5.74) is 5.53. The van der Waals surface area contributed by atoms with Gasteiger partial charge in [0.15, 0.2) is 0 Å². The number of thioether (sulfide) groups is 1. The summed E-state index contributed by atoms with van der Waals surface area (Å²) < 4.78 is 0. The van der Waals surface area contributed by atoms with Crippen LogP contribution < -0.4 is 5.73 Å². The Labute approximate surface area is 189 Å². The number of aliphatic carboxylic acids is 2. The highest BCUT2D eigenvalue weighted by Gasteiger charge is 2.20. The van der Waals surface area contributed by atoms with Crippen molar-refractivity contribution in [1.29, 1.82) is 0 Å². The first-order valence-electron chi connectivity index (χ1n) is 10.6. The van der Waals surface area contributed by atoms with Gasteiger partial charge in [-0.25, -0.2) is 0 Å².